The molecule has 0 aliphatic heterocycles. The summed E-state index contributed by atoms with van der Waals surface area (Å²) in [6.07, 6.45) is 65.8. The number of hydrogen-bond acceptors (Lipinski definition) is 10. The predicted molar refractivity (Wildman–Crippen MR) is 297 cm³/mol. The number of carbonyl (C=O) groups excluding carboxylic acids is 3. The van der Waals surface area contributed by atoms with Crippen LogP contribution in [0.1, 0.15) is 188 Å². The van der Waals surface area contributed by atoms with Crippen molar-refractivity contribution < 1.29 is 52.2 Å². The molecular weight excluding hydrogens is 928 g/mol. The Balaban J connectivity index is 4.90. The third-order valence-electron chi connectivity index (χ3n) is 10.6. The van der Waals surface area contributed by atoms with Crippen LogP contribution in [0.25, 0.3) is 0 Å². The lowest BCUT2D eigenvalue weighted by Gasteiger charge is -2.21. The van der Waals surface area contributed by atoms with Crippen molar-refractivity contribution in [2.45, 2.75) is 200 Å². The number of aliphatic hydroxyl groups is 1. The zero-order valence-electron chi connectivity index (χ0n) is 44.6. The van der Waals surface area contributed by atoms with E-state index in [0.29, 0.717) is 19.3 Å². The van der Waals surface area contributed by atoms with Gasteiger partial charge in [-0.05, 0) is 116 Å². The Kier molecular flexibility index (Phi) is 49.7. The number of aliphatic hydroxyl groups excluding tert-OH is 1. The van der Waals surface area contributed by atoms with Gasteiger partial charge >= 0.3 is 25.7 Å². The molecule has 0 heterocycles. The smallest absolute Gasteiger partial charge is 0.462 e. The first-order valence-corrected chi connectivity index (χ1v) is 28.6. The molecule has 0 aliphatic rings. The maximum Gasteiger partial charge on any atom is 0.472 e. The summed E-state index contributed by atoms with van der Waals surface area (Å²) >= 11 is 0. The Hall–Kier alpha value is -4.38. The molecular formula is C60H95O11P. The van der Waals surface area contributed by atoms with Crippen LogP contribution in [0.15, 0.2) is 134 Å². The summed E-state index contributed by atoms with van der Waals surface area (Å²) in [5.74, 6) is -1.62. The average molecular weight is 1020 g/mol. The van der Waals surface area contributed by atoms with Gasteiger partial charge in [-0.1, -0.05) is 187 Å². The number of phosphoric ester groups is 1. The number of rotatable bonds is 48. The topological polar surface area (TPSA) is 155 Å². The van der Waals surface area contributed by atoms with Crippen molar-refractivity contribution in [3.05, 3.63) is 134 Å². The van der Waals surface area contributed by atoms with E-state index in [2.05, 4.69) is 136 Å². The summed E-state index contributed by atoms with van der Waals surface area (Å²) in [4.78, 5) is 48.4. The van der Waals surface area contributed by atoms with Gasteiger partial charge < -0.3 is 24.2 Å². The van der Waals surface area contributed by atoms with E-state index in [0.717, 1.165) is 128 Å². The Labute approximate surface area is 436 Å². The van der Waals surface area contributed by atoms with Crippen molar-refractivity contribution in [3.63, 3.8) is 0 Å². The number of ether oxygens (including phenoxy) is 3. The molecule has 0 aromatic rings. The van der Waals surface area contributed by atoms with Gasteiger partial charge in [0.25, 0.3) is 0 Å². The van der Waals surface area contributed by atoms with E-state index >= 15 is 0 Å². The van der Waals surface area contributed by atoms with Crippen LogP contribution in [0.4, 0.5) is 0 Å². The fourth-order valence-corrected chi connectivity index (χ4v) is 7.33. The SMILES string of the molecule is CC/C=C\C/C=C\C/C=C\C/C=C\CCCCCCC(=O)OC(COC(=O)CCCCCCC/C=C\C/C=C\C/C=C\CC)COP(=O)(O)OCC(CO)OC(=O)CC/C=C\C/C=C\C/C=C\C/C=C\CC. The van der Waals surface area contributed by atoms with Gasteiger partial charge in [-0.15, -0.1) is 0 Å². The van der Waals surface area contributed by atoms with Crippen molar-refractivity contribution in [2.24, 2.45) is 0 Å². The lowest BCUT2D eigenvalue weighted by atomic mass is 10.1. The van der Waals surface area contributed by atoms with Crippen LogP contribution in [0.2, 0.25) is 0 Å². The molecule has 0 fully saturated rings. The van der Waals surface area contributed by atoms with Gasteiger partial charge in [-0.3, -0.25) is 23.4 Å². The Morgan fingerprint density at radius 2 is 0.708 bits per heavy atom. The minimum absolute atomic E-state index is 0.0457. The van der Waals surface area contributed by atoms with Crippen LogP contribution in [0, 0.1) is 0 Å². The molecule has 0 radical (unpaired) electrons. The molecule has 0 aliphatic carbocycles. The van der Waals surface area contributed by atoms with E-state index in [-0.39, 0.29) is 25.9 Å². The van der Waals surface area contributed by atoms with E-state index in [1.807, 2.05) is 18.2 Å². The summed E-state index contributed by atoms with van der Waals surface area (Å²) in [6, 6.07) is 0. The second kappa shape index (κ2) is 52.9. The molecule has 406 valence electrons. The van der Waals surface area contributed by atoms with Gasteiger partial charge in [0.05, 0.1) is 19.8 Å². The zero-order chi connectivity index (χ0) is 52.7. The summed E-state index contributed by atoms with van der Waals surface area (Å²) in [7, 11) is -4.78. The molecule has 0 spiro atoms. The fourth-order valence-electron chi connectivity index (χ4n) is 6.55. The van der Waals surface area contributed by atoms with Crippen molar-refractivity contribution in [2.75, 3.05) is 26.4 Å². The number of hydrogen-bond donors (Lipinski definition) is 2. The zero-order valence-corrected chi connectivity index (χ0v) is 45.5. The van der Waals surface area contributed by atoms with Gasteiger partial charge in [-0.2, -0.15) is 0 Å². The Morgan fingerprint density at radius 3 is 1.12 bits per heavy atom. The molecule has 2 N–H and O–H groups in total. The highest BCUT2D eigenvalue weighted by Crippen LogP contribution is 2.43. The van der Waals surface area contributed by atoms with Crippen LogP contribution in [0.5, 0.6) is 0 Å². The third kappa shape index (κ3) is 50.6. The lowest BCUT2D eigenvalue weighted by molar-refractivity contribution is -0.161. The minimum Gasteiger partial charge on any atom is -0.462 e. The summed E-state index contributed by atoms with van der Waals surface area (Å²) in [6.45, 7) is 4.14. The summed E-state index contributed by atoms with van der Waals surface area (Å²) in [5.41, 5.74) is 0. The maximum atomic E-state index is 12.9. The number of allylic oxidation sites excluding steroid dienone is 22. The van der Waals surface area contributed by atoms with E-state index in [1.54, 1.807) is 0 Å². The second-order valence-electron chi connectivity index (χ2n) is 17.2. The number of unbranched alkanes of at least 4 members (excludes halogenated alkanes) is 9. The minimum atomic E-state index is -4.78. The molecule has 0 amide bonds. The largest absolute Gasteiger partial charge is 0.472 e. The Bertz CT molecular complexity index is 1710. The Morgan fingerprint density at radius 1 is 0.389 bits per heavy atom. The van der Waals surface area contributed by atoms with Gasteiger partial charge in [0.1, 0.15) is 12.7 Å². The van der Waals surface area contributed by atoms with E-state index < -0.39 is 57.8 Å². The first-order valence-electron chi connectivity index (χ1n) is 27.1. The van der Waals surface area contributed by atoms with E-state index in [9.17, 15) is 28.9 Å². The monoisotopic (exact) mass is 1020 g/mol. The summed E-state index contributed by atoms with van der Waals surface area (Å²) < 4.78 is 39.3. The van der Waals surface area contributed by atoms with Crippen molar-refractivity contribution in [3.8, 4) is 0 Å². The molecule has 11 nitrogen and oxygen atoms in total. The predicted octanol–water partition coefficient (Wildman–Crippen LogP) is 15.8. The highest BCUT2D eigenvalue weighted by Gasteiger charge is 2.28. The molecule has 0 rings (SSSR count). The van der Waals surface area contributed by atoms with Crippen LogP contribution in [0.3, 0.4) is 0 Å². The van der Waals surface area contributed by atoms with Crippen LogP contribution >= 0.6 is 7.82 Å². The first-order chi connectivity index (χ1) is 35.2. The normalized spacial score (nSPS) is 14.5. The molecule has 72 heavy (non-hydrogen) atoms. The maximum absolute atomic E-state index is 12.9. The molecule has 0 aromatic heterocycles. The standard InChI is InChI=1S/C60H95O11P/c1-4-7-10-13-16-19-22-25-27-28-30-33-36-39-42-45-48-51-60(64)71-57(53-67-58(62)49-46-43-40-37-34-32-29-26-23-20-17-14-11-8-5-2)55-69-72(65,66)68-54-56(52-61)70-59(63)50-47-44-41-38-35-31-24-21-18-15-12-9-6-3/h7-12,16-21,25-27,29-31,33,35,41,44,56-57,61H,4-6,13-15,22-24,28,32,34,36-40,42-43,45-55H2,1-3H3,(H,65,66)/b10-7-,11-8-,12-9-,19-16-,20-17-,21-18-,27-25-,29-26-,33-30-,35-31-,44-41-. The van der Waals surface area contributed by atoms with Gasteiger partial charge in [0.2, 0.25) is 0 Å². The van der Waals surface area contributed by atoms with Crippen molar-refractivity contribution in [1.82, 2.24) is 0 Å². The number of phosphoric acid groups is 1. The first kappa shape index (κ1) is 67.6. The van der Waals surface area contributed by atoms with E-state index in [4.69, 9.17) is 23.3 Å². The fraction of sp³-hybridized carbons (Fsp3) is 0.583. The quantitative estimate of drug-likeness (QED) is 0.0197. The van der Waals surface area contributed by atoms with Crippen LogP contribution < -0.4 is 0 Å². The van der Waals surface area contributed by atoms with Crippen LogP contribution in [-0.4, -0.2) is 66.5 Å². The number of esters is 3. The van der Waals surface area contributed by atoms with Gasteiger partial charge in [0, 0.05) is 19.3 Å². The van der Waals surface area contributed by atoms with Crippen molar-refractivity contribution >= 4 is 25.7 Å². The summed E-state index contributed by atoms with van der Waals surface area (Å²) in [5, 5.41) is 9.77. The molecule has 3 unspecified atom stereocenters. The molecule has 0 aromatic carbocycles. The van der Waals surface area contributed by atoms with Crippen LogP contribution in [-0.2, 0) is 42.2 Å². The lowest BCUT2D eigenvalue weighted by Crippen LogP contribution is -2.30. The highest BCUT2D eigenvalue weighted by molar-refractivity contribution is 7.47. The molecule has 0 bridgehead atoms. The highest BCUT2D eigenvalue weighted by atomic mass is 31.2. The molecule has 0 saturated heterocycles. The van der Waals surface area contributed by atoms with Gasteiger partial charge in [0.15, 0.2) is 6.10 Å². The molecule has 0 saturated carbocycles. The third-order valence-corrected chi connectivity index (χ3v) is 11.5. The average Bonchev–Trinajstić information content (AvgIpc) is 3.37. The van der Waals surface area contributed by atoms with E-state index in [1.165, 1.54) is 0 Å². The molecule has 3 atom stereocenters. The van der Waals surface area contributed by atoms with Crippen molar-refractivity contribution in [1.29, 1.82) is 0 Å². The molecule has 12 heteroatoms. The number of carbonyl (C=O) groups is 3. The van der Waals surface area contributed by atoms with Gasteiger partial charge in [-0.25, -0.2) is 4.57 Å². The second-order valence-corrected chi connectivity index (χ2v) is 18.7.